The van der Waals surface area contributed by atoms with Crippen LogP contribution in [0.3, 0.4) is 0 Å². The molecule has 1 aromatic carbocycles. The van der Waals surface area contributed by atoms with Crippen LogP contribution in [0.25, 0.3) is 11.1 Å². The van der Waals surface area contributed by atoms with E-state index >= 15 is 0 Å². The van der Waals surface area contributed by atoms with Crippen molar-refractivity contribution in [2.24, 2.45) is 0 Å². The molecule has 7 heteroatoms. The fraction of sp³-hybridized carbons (Fsp3) is 0.375. The van der Waals surface area contributed by atoms with Crippen molar-refractivity contribution in [3.05, 3.63) is 36.2 Å². The number of rotatable bonds is 4. The molecule has 1 heterocycles. The summed E-state index contributed by atoms with van der Waals surface area (Å²) in [5.41, 5.74) is 1.08. The standard InChI is InChI=1S/C16H15F3N2O2/c17-16(18,19)23-15-7-11(5-6-12(15)10-22)13-8-20-21(9-13)14-3-1-2-4-14/h5-10,14H,1-4H2. The summed E-state index contributed by atoms with van der Waals surface area (Å²) < 4.78 is 43.1. The number of ether oxygens (including phenoxy) is 1. The van der Waals surface area contributed by atoms with Gasteiger partial charge in [-0.2, -0.15) is 5.10 Å². The van der Waals surface area contributed by atoms with Crippen LogP contribution in [0.1, 0.15) is 42.1 Å². The Bertz CT molecular complexity index is 704. The minimum absolute atomic E-state index is 0.144. The Morgan fingerprint density at radius 1 is 1.22 bits per heavy atom. The van der Waals surface area contributed by atoms with E-state index in [4.69, 9.17) is 0 Å². The highest BCUT2D eigenvalue weighted by atomic mass is 19.4. The van der Waals surface area contributed by atoms with Crippen molar-refractivity contribution >= 4 is 6.29 Å². The van der Waals surface area contributed by atoms with Gasteiger partial charge >= 0.3 is 6.36 Å². The van der Waals surface area contributed by atoms with Crippen LogP contribution in [0.5, 0.6) is 5.75 Å². The molecular weight excluding hydrogens is 309 g/mol. The highest BCUT2D eigenvalue weighted by molar-refractivity contribution is 5.81. The summed E-state index contributed by atoms with van der Waals surface area (Å²) in [7, 11) is 0. The van der Waals surface area contributed by atoms with Crippen LogP contribution in [-0.4, -0.2) is 22.4 Å². The van der Waals surface area contributed by atoms with E-state index in [9.17, 15) is 18.0 Å². The van der Waals surface area contributed by atoms with Crippen LogP contribution in [0.2, 0.25) is 0 Å². The molecular formula is C16H15F3N2O2. The zero-order chi connectivity index (χ0) is 16.4. The lowest BCUT2D eigenvalue weighted by molar-refractivity contribution is -0.274. The molecule has 0 N–H and O–H groups in total. The average molecular weight is 324 g/mol. The van der Waals surface area contributed by atoms with Gasteiger partial charge < -0.3 is 4.74 Å². The number of hydrogen-bond acceptors (Lipinski definition) is 3. The lowest BCUT2D eigenvalue weighted by Crippen LogP contribution is -2.18. The minimum Gasteiger partial charge on any atom is -0.405 e. The third kappa shape index (κ3) is 3.55. The molecule has 1 aliphatic rings. The number of nitrogens with zero attached hydrogens (tertiary/aromatic N) is 2. The molecule has 0 radical (unpaired) electrons. The maximum absolute atomic E-state index is 12.4. The van der Waals surface area contributed by atoms with E-state index in [1.54, 1.807) is 12.3 Å². The molecule has 0 spiro atoms. The van der Waals surface area contributed by atoms with Crippen LogP contribution in [0, 0.1) is 0 Å². The van der Waals surface area contributed by atoms with Crippen LogP contribution in [0.4, 0.5) is 13.2 Å². The molecule has 1 aromatic heterocycles. The summed E-state index contributed by atoms with van der Waals surface area (Å²) in [6.07, 6.45) is 3.39. The van der Waals surface area contributed by atoms with Gasteiger partial charge in [-0.15, -0.1) is 13.2 Å². The third-order valence-corrected chi connectivity index (χ3v) is 4.00. The summed E-state index contributed by atoms with van der Waals surface area (Å²) in [5.74, 6) is -0.501. The Kier molecular flexibility index (Phi) is 4.11. The van der Waals surface area contributed by atoms with Gasteiger partial charge in [0.15, 0.2) is 6.29 Å². The summed E-state index contributed by atoms with van der Waals surface area (Å²) in [5, 5.41) is 4.31. The first-order chi connectivity index (χ1) is 11.0. The van der Waals surface area contributed by atoms with Crippen molar-refractivity contribution in [1.82, 2.24) is 9.78 Å². The molecule has 0 aliphatic heterocycles. The minimum atomic E-state index is -4.84. The van der Waals surface area contributed by atoms with E-state index in [1.165, 1.54) is 12.1 Å². The summed E-state index contributed by atoms with van der Waals surface area (Å²) in [6, 6.07) is 4.47. The van der Waals surface area contributed by atoms with Gasteiger partial charge in [-0.3, -0.25) is 9.48 Å². The van der Waals surface area contributed by atoms with Crippen LogP contribution < -0.4 is 4.74 Å². The third-order valence-electron chi connectivity index (χ3n) is 4.00. The largest absolute Gasteiger partial charge is 0.573 e. The predicted octanol–water partition coefficient (Wildman–Crippen LogP) is 4.38. The average Bonchev–Trinajstić information content (AvgIpc) is 3.16. The number of hydrogen-bond donors (Lipinski definition) is 0. The zero-order valence-electron chi connectivity index (χ0n) is 12.2. The Labute approximate surface area is 130 Å². The molecule has 1 aliphatic carbocycles. The van der Waals surface area contributed by atoms with Gasteiger partial charge in [0, 0.05) is 11.8 Å². The highest BCUT2D eigenvalue weighted by Crippen LogP contribution is 2.33. The maximum atomic E-state index is 12.4. The van der Waals surface area contributed by atoms with Crippen molar-refractivity contribution in [3.63, 3.8) is 0 Å². The summed E-state index contributed by atoms with van der Waals surface area (Å²) in [6.45, 7) is 0. The number of carbonyl (C=O) groups excluding carboxylic acids is 1. The van der Waals surface area contributed by atoms with E-state index in [0.717, 1.165) is 25.7 Å². The topological polar surface area (TPSA) is 44.1 Å². The van der Waals surface area contributed by atoms with Crippen molar-refractivity contribution < 1.29 is 22.7 Å². The quantitative estimate of drug-likeness (QED) is 0.784. The molecule has 3 rings (SSSR count). The number of alkyl halides is 3. The van der Waals surface area contributed by atoms with Crippen molar-refractivity contribution in [3.8, 4) is 16.9 Å². The SMILES string of the molecule is O=Cc1ccc(-c2cnn(C3CCCC3)c2)cc1OC(F)(F)F. The van der Waals surface area contributed by atoms with Gasteiger partial charge in [-0.05, 0) is 30.5 Å². The monoisotopic (exact) mass is 324 g/mol. The molecule has 0 bridgehead atoms. The fourth-order valence-corrected chi connectivity index (χ4v) is 2.88. The number of benzene rings is 1. The normalized spacial score (nSPS) is 15.8. The van der Waals surface area contributed by atoms with E-state index in [2.05, 4.69) is 9.84 Å². The number of halogens is 3. The Morgan fingerprint density at radius 2 is 1.96 bits per heavy atom. The van der Waals surface area contributed by atoms with Crippen LogP contribution in [-0.2, 0) is 0 Å². The second-order valence-corrected chi connectivity index (χ2v) is 5.57. The van der Waals surface area contributed by atoms with Gasteiger partial charge in [-0.1, -0.05) is 18.9 Å². The lowest BCUT2D eigenvalue weighted by atomic mass is 10.1. The van der Waals surface area contributed by atoms with Crippen LogP contribution in [0.15, 0.2) is 30.6 Å². The molecule has 0 saturated heterocycles. The first-order valence-corrected chi connectivity index (χ1v) is 7.36. The van der Waals surface area contributed by atoms with Crippen molar-refractivity contribution in [1.29, 1.82) is 0 Å². The van der Waals surface area contributed by atoms with Gasteiger partial charge in [0.05, 0.1) is 17.8 Å². The van der Waals surface area contributed by atoms with E-state index < -0.39 is 12.1 Å². The van der Waals surface area contributed by atoms with Gasteiger partial charge in [0.1, 0.15) is 5.75 Å². The predicted molar refractivity (Wildman–Crippen MR) is 77.2 cm³/mol. The highest BCUT2D eigenvalue weighted by Gasteiger charge is 2.32. The smallest absolute Gasteiger partial charge is 0.405 e. The number of carbonyl (C=O) groups is 1. The maximum Gasteiger partial charge on any atom is 0.573 e. The van der Waals surface area contributed by atoms with E-state index in [1.807, 2.05) is 10.9 Å². The zero-order valence-corrected chi connectivity index (χ0v) is 12.2. The lowest BCUT2D eigenvalue weighted by Gasteiger charge is -2.12. The number of aromatic nitrogens is 2. The fourth-order valence-electron chi connectivity index (χ4n) is 2.88. The van der Waals surface area contributed by atoms with Crippen molar-refractivity contribution in [2.45, 2.75) is 38.1 Å². The molecule has 0 unspecified atom stereocenters. The van der Waals surface area contributed by atoms with Gasteiger partial charge in [0.2, 0.25) is 0 Å². The van der Waals surface area contributed by atoms with E-state index in [-0.39, 0.29) is 5.56 Å². The molecule has 122 valence electrons. The second kappa shape index (κ2) is 6.06. The summed E-state index contributed by atoms with van der Waals surface area (Å²) >= 11 is 0. The van der Waals surface area contributed by atoms with Crippen molar-refractivity contribution in [2.75, 3.05) is 0 Å². The Morgan fingerprint density at radius 3 is 2.61 bits per heavy atom. The Balaban J connectivity index is 1.90. The molecule has 1 saturated carbocycles. The second-order valence-electron chi connectivity index (χ2n) is 5.57. The Hall–Kier alpha value is -2.31. The van der Waals surface area contributed by atoms with E-state index in [0.29, 0.717) is 23.5 Å². The molecule has 1 fully saturated rings. The van der Waals surface area contributed by atoms with Crippen LogP contribution >= 0.6 is 0 Å². The molecule has 0 amide bonds. The van der Waals surface area contributed by atoms with Gasteiger partial charge in [0.25, 0.3) is 0 Å². The summed E-state index contributed by atoms with van der Waals surface area (Å²) in [4.78, 5) is 10.9. The van der Waals surface area contributed by atoms with Gasteiger partial charge in [-0.25, -0.2) is 0 Å². The molecule has 23 heavy (non-hydrogen) atoms. The first kappa shape index (κ1) is 15.6. The molecule has 4 nitrogen and oxygen atoms in total. The molecule has 2 aromatic rings. The number of aldehydes is 1. The molecule has 0 atom stereocenters. The first-order valence-electron chi connectivity index (χ1n) is 7.36.